The lowest BCUT2D eigenvalue weighted by Gasteiger charge is -2.11. The molecule has 0 aromatic heterocycles. The van der Waals surface area contributed by atoms with E-state index in [2.05, 4.69) is 24.9 Å². The van der Waals surface area contributed by atoms with Gasteiger partial charge in [0.2, 0.25) is 0 Å². The first-order chi connectivity index (χ1) is 10.7. The van der Waals surface area contributed by atoms with Crippen molar-refractivity contribution >= 4 is 17.9 Å². The second-order valence-electron chi connectivity index (χ2n) is 5.14. The van der Waals surface area contributed by atoms with Crippen LogP contribution in [0.1, 0.15) is 42.1 Å². The van der Waals surface area contributed by atoms with Crippen LogP contribution in [-0.2, 0) is 4.74 Å². The van der Waals surface area contributed by atoms with Gasteiger partial charge in [-0.15, -0.1) is 0 Å². The first kappa shape index (κ1) is 16.0. The molecule has 1 unspecified atom stereocenters. The van der Waals surface area contributed by atoms with E-state index >= 15 is 0 Å². The summed E-state index contributed by atoms with van der Waals surface area (Å²) in [5.41, 5.74) is 2.71. The van der Waals surface area contributed by atoms with Gasteiger partial charge in [-0.3, -0.25) is 4.99 Å². The van der Waals surface area contributed by atoms with Gasteiger partial charge in [-0.25, -0.2) is 4.79 Å². The highest BCUT2D eigenvalue weighted by molar-refractivity contribution is 5.90. The Kier molecular flexibility index (Phi) is 5.90. The summed E-state index contributed by atoms with van der Waals surface area (Å²) in [5.74, 6) is 0.127. The molecule has 0 radical (unpaired) electrons. The monoisotopic (exact) mass is 295 g/mol. The molecule has 0 fully saturated rings. The largest absolute Gasteiger partial charge is 0.456 e. The van der Waals surface area contributed by atoms with Crippen molar-refractivity contribution in [3.8, 4) is 0 Å². The van der Waals surface area contributed by atoms with E-state index in [9.17, 15) is 4.79 Å². The molecular formula is C19H21NO2. The van der Waals surface area contributed by atoms with Gasteiger partial charge in [-0.1, -0.05) is 50.2 Å². The Hall–Kier alpha value is -2.42. The average Bonchev–Trinajstić information content (AvgIpc) is 2.59. The van der Waals surface area contributed by atoms with Crippen molar-refractivity contribution in [1.29, 1.82) is 0 Å². The number of carbonyl (C=O) groups is 1. The Labute approximate surface area is 131 Å². The van der Waals surface area contributed by atoms with Crippen molar-refractivity contribution in [3.63, 3.8) is 0 Å². The summed E-state index contributed by atoms with van der Waals surface area (Å²) in [4.78, 5) is 16.2. The summed E-state index contributed by atoms with van der Waals surface area (Å²) >= 11 is 0. The average molecular weight is 295 g/mol. The molecule has 3 nitrogen and oxygen atoms in total. The predicted molar refractivity (Wildman–Crippen MR) is 90.0 cm³/mol. The minimum absolute atomic E-state index is 0.169. The van der Waals surface area contributed by atoms with Gasteiger partial charge in [0.15, 0.2) is 0 Å². The van der Waals surface area contributed by atoms with E-state index in [4.69, 9.17) is 4.74 Å². The van der Waals surface area contributed by atoms with Gasteiger partial charge in [-0.05, 0) is 36.1 Å². The van der Waals surface area contributed by atoms with Crippen molar-refractivity contribution in [1.82, 2.24) is 0 Å². The summed E-state index contributed by atoms with van der Waals surface area (Å²) in [6.07, 6.45) is 2.71. The minimum Gasteiger partial charge on any atom is -0.456 e. The lowest BCUT2D eigenvalue weighted by Crippen LogP contribution is -2.06. The molecule has 0 amide bonds. The summed E-state index contributed by atoms with van der Waals surface area (Å²) in [7, 11) is 0. The number of hydrogen-bond acceptors (Lipinski definition) is 3. The molecule has 3 heteroatoms. The maximum atomic E-state index is 11.8. The fourth-order valence-electron chi connectivity index (χ4n) is 2.15. The van der Waals surface area contributed by atoms with Crippen LogP contribution in [0.25, 0.3) is 0 Å². The molecule has 0 bridgehead atoms. The van der Waals surface area contributed by atoms with Gasteiger partial charge in [0.25, 0.3) is 0 Å². The molecule has 0 N–H and O–H groups in total. The fraction of sp³-hybridized carbons (Fsp3) is 0.263. The van der Waals surface area contributed by atoms with Gasteiger partial charge in [-0.2, -0.15) is 0 Å². The first-order valence-electron chi connectivity index (χ1n) is 7.56. The Balaban J connectivity index is 1.95. The Bertz CT molecular complexity index is 635. The molecule has 0 saturated carbocycles. The van der Waals surface area contributed by atoms with Crippen molar-refractivity contribution < 1.29 is 9.53 Å². The molecule has 1 atom stereocenters. The van der Waals surface area contributed by atoms with Crippen molar-refractivity contribution in [2.24, 2.45) is 4.99 Å². The zero-order valence-electron chi connectivity index (χ0n) is 13.0. The topological polar surface area (TPSA) is 38.7 Å². The minimum atomic E-state index is -0.331. The van der Waals surface area contributed by atoms with E-state index < -0.39 is 0 Å². The molecule has 0 saturated heterocycles. The fourth-order valence-corrected chi connectivity index (χ4v) is 2.15. The molecule has 0 aliphatic rings. The lowest BCUT2D eigenvalue weighted by atomic mass is 9.97. The van der Waals surface area contributed by atoms with Crippen LogP contribution in [0.3, 0.4) is 0 Å². The zero-order valence-corrected chi connectivity index (χ0v) is 13.0. The standard InChI is InChI=1S/C19H21NO2/c1-3-15(2)17-11-7-8-12-18(17)20-13-14-22-19(21)16-9-5-4-6-10-16/h4-13,15H,3,14H2,1-2H3. The number of aliphatic imine (C=N–C) groups is 1. The Morgan fingerprint density at radius 2 is 1.82 bits per heavy atom. The molecule has 2 aromatic carbocycles. The molecule has 0 aliphatic heterocycles. The third kappa shape index (κ3) is 4.29. The van der Waals surface area contributed by atoms with Crippen LogP contribution < -0.4 is 0 Å². The van der Waals surface area contributed by atoms with Crippen LogP contribution in [0.5, 0.6) is 0 Å². The highest BCUT2D eigenvalue weighted by Crippen LogP contribution is 2.28. The molecule has 22 heavy (non-hydrogen) atoms. The van der Waals surface area contributed by atoms with Crippen molar-refractivity contribution in [2.45, 2.75) is 26.2 Å². The summed E-state index contributed by atoms with van der Waals surface area (Å²) in [5, 5.41) is 0. The first-order valence-corrected chi connectivity index (χ1v) is 7.56. The summed E-state index contributed by atoms with van der Waals surface area (Å²) in [6, 6.07) is 17.0. The molecule has 114 valence electrons. The molecule has 2 rings (SSSR count). The maximum absolute atomic E-state index is 11.8. The number of benzene rings is 2. The van der Waals surface area contributed by atoms with Gasteiger partial charge in [0.1, 0.15) is 6.61 Å². The van der Waals surface area contributed by atoms with E-state index in [0.29, 0.717) is 11.5 Å². The Morgan fingerprint density at radius 1 is 1.14 bits per heavy atom. The van der Waals surface area contributed by atoms with Crippen molar-refractivity contribution in [2.75, 3.05) is 6.61 Å². The predicted octanol–water partition coefficient (Wildman–Crippen LogP) is 4.76. The third-order valence-corrected chi connectivity index (χ3v) is 3.61. The third-order valence-electron chi connectivity index (χ3n) is 3.61. The van der Waals surface area contributed by atoms with Crippen molar-refractivity contribution in [3.05, 3.63) is 65.7 Å². The Morgan fingerprint density at radius 3 is 2.55 bits per heavy atom. The number of hydrogen-bond donors (Lipinski definition) is 0. The smallest absolute Gasteiger partial charge is 0.338 e. The number of para-hydroxylation sites is 1. The van der Waals surface area contributed by atoms with E-state index in [0.717, 1.165) is 12.1 Å². The maximum Gasteiger partial charge on any atom is 0.338 e. The summed E-state index contributed by atoms with van der Waals surface area (Å²) < 4.78 is 5.19. The van der Waals surface area contributed by atoms with Crippen LogP contribution in [0.15, 0.2) is 59.6 Å². The van der Waals surface area contributed by atoms with Gasteiger partial charge < -0.3 is 4.74 Å². The molecule has 0 aliphatic carbocycles. The van der Waals surface area contributed by atoms with E-state index in [1.54, 1.807) is 18.3 Å². The molecule has 0 heterocycles. The van der Waals surface area contributed by atoms with E-state index in [1.165, 1.54) is 5.56 Å². The number of rotatable bonds is 6. The van der Waals surface area contributed by atoms with Crippen LogP contribution in [0.4, 0.5) is 5.69 Å². The van der Waals surface area contributed by atoms with Gasteiger partial charge in [0, 0.05) is 6.21 Å². The molecular weight excluding hydrogens is 274 g/mol. The van der Waals surface area contributed by atoms with Crippen LogP contribution in [0, 0.1) is 0 Å². The van der Waals surface area contributed by atoms with E-state index in [-0.39, 0.29) is 12.6 Å². The highest BCUT2D eigenvalue weighted by atomic mass is 16.5. The quantitative estimate of drug-likeness (QED) is 0.569. The number of carbonyl (C=O) groups excluding carboxylic acids is 1. The van der Waals surface area contributed by atoms with Gasteiger partial charge >= 0.3 is 5.97 Å². The highest BCUT2D eigenvalue weighted by Gasteiger charge is 2.07. The molecule has 0 spiro atoms. The second kappa shape index (κ2) is 8.13. The lowest BCUT2D eigenvalue weighted by molar-refractivity contribution is 0.0567. The zero-order chi connectivity index (χ0) is 15.8. The molecule has 2 aromatic rings. The van der Waals surface area contributed by atoms with Crippen LogP contribution in [0.2, 0.25) is 0 Å². The number of esters is 1. The van der Waals surface area contributed by atoms with Gasteiger partial charge in [0.05, 0.1) is 11.3 Å². The van der Waals surface area contributed by atoms with Crippen LogP contribution in [-0.4, -0.2) is 18.8 Å². The van der Waals surface area contributed by atoms with E-state index in [1.807, 2.05) is 36.4 Å². The number of ether oxygens (including phenoxy) is 1. The second-order valence-corrected chi connectivity index (χ2v) is 5.14. The summed E-state index contributed by atoms with van der Waals surface area (Å²) in [6.45, 7) is 4.51. The number of nitrogens with zero attached hydrogens (tertiary/aromatic N) is 1. The SMILES string of the molecule is CCC(C)c1ccccc1N=CCOC(=O)c1ccccc1. The van der Waals surface area contributed by atoms with Crippen LogP contribution >= 0.6 is 0 Å². The normalized spacial score (nSPS) is 12.3.